The first-order valence-electron chi connectivity index (χ1n) is 14.7. The zero-order chi connectivity index (χ0) is 34.5. The van der Waals surface area contributed by atoms with Crippen LogP contribution < -0.4 is 9.62 Å². The summed E-state index contributed by atoms with van der Waals surface area (Å²) in [5, 5.41) is 3.91. The van der Waals surface area contributed by atoms with Crippen LogP contribution in [0.1, 0.15) is 37.5 Å². The molecule has 0 spiro atoms. The van der Waals surface area contributed by atoms with Gasteiger partial charge in [-0.2, -0.15) is 0 Å². The molecule has 4 rings (SSSR count). The molecule has 1 atom stereocenters. The van der Waals surface area contributed by atoms with Crippen molar-refractivity contribution in [1.29, 1.82) is 0 Å². The lowest BCUT2D eigenvalue weighted by Gasteiger charge is -2.35. The average Bonchev–Trinajstić information content (AvgIpc) is 2.98. The Morgan fingerprint density at radius 1 is 0.809 bits per heavy atom. The maximum Gasteiger partial charge on any atom is 0.264 e. The van der Waals surface area contributed by atoms with Crippen LogP contribution in [-0.4, -0.2) is 43.3 Å². The Morgan fingerprint density at radius 3 is 1.94 bits per heavy atom. The molecule has 0 unspecified atom stereocenters. The van der Waals surface area contributed by atoms with Crippen molar-refractivity contribution in [2.75, 3.05) is 10.8 Å². The van der Waals surface area contributed by atoms with Gasteiger partial charge in [0, 0.05) is 44.2 Å². The van der Waals surface area contributed by atoms with Gasteiger partial charge in [-0.05, 0) is 75.7 Å². The lowest BCUT2D eigenvalue weighted by Crippen LogP contribution is -2.56. The third-order valence-electron chi connectivity index (χ3n) is 7.18. The summed E-state index contributed by atoms with van der Waals surface area (Å²) in [5.41, 5.74) is 1.49. The van der Waals surface area contributed by atoms with E-state index in [0.29, 0.717) is 5.56 Å². The number of sulfonamides is 1. The molecule has 47 heavy (non-hydrogen) atoms. The fourth-order valence-corrected chi connectivity index (χ4v) is 7.34. The van der Waals surface area contributed by atoms with Crippen LogP contribution in [0.25, 0.3) is 0 Å². The lowest BCUT2D eigenvalue weighted by atomic mass is 10.0. The predicted octanol–water partition coefficient (Wildman–Crippen LogP) is 8.36. The third kappa shape index (κ3) is 9.64. The van der Waals surface area contributed by atoms with Crippen LogP contribution in [0, 0.1) is 6.92 Å². The number of amides is 2. The number of rotatable bonds is 11. The smallest absolute Gasteiger partial charge is 0.264 e. The van der Waals surface area contributed by atoms with Crippen LogP contribution in [0.5, 0.6) is 0 Å². The van der Waals surface area contributed by atoms with Crippen molar-refractivity contribution in [3.05, 3.63) is 128 Å². The molecule has 0 saturated carbocycles. The third-order valence-corrected chi connectivity index (χ3v) is 10.1. The quantitative estimate of drug-likeness (QED) is 0.168. The number of carbonyl (C=O) groups is 2. The molecular weight excluding hydrogens is 700 g/mol. The van der Waals surface area contributed by atoms with Crippen molar-refractivity contribution in [3.63, 3.8) is 0 Å². The molecule has 1 N–H and O–H groups in total. The SMILES string of the molecule is Cc1ccc(S(=O)(=O)N(CC(=O)N(Cc2c(Cl)cccc2Cl)[C@H](Cc2ccccc2)C(=O)NC(C)(C)C)c2cc(Cl)cc(Cl)c2)cc1. The highest BCUT2D eigenvalue weighted by molar-refractivity contribution is 7.92. The van der Waals surface area contributed by atoms with Crippen molar-refractivity contribution in [2.45, 2.75) is 57.1 Å². The minimum atomic E-state index is -4.34. The number of hydrogen-bond donors (Lipinski definition) is 1. The summed E-state index contributed by atoms with van der Waals surface area (Å²) in [5.74, 6) is -1.12. The number of anilines is 1. The van der Waals surface area contributed by atoms with E-state index in [1.165, 1.54) is 35.2 Å². The van der Waals surface area contributed by atoms with Gasteiger partial charge in [0.25, 0.3) is 10.0 Å². The van der Waals surface area contributed by atoms with Gasteiger partial charge in [0.2, 0.25) is 11.8 Å². The summed E-state index contributed by atoms with van der Waals surface area (Å²) in [6.45, 7) is 6.47. The summed E-state index contributed by atoms with van der Waals surface area (Å²) in [6, 6.07) is 23.6. The van der Waals surface area contributed by atoms with Crippen LogP contribution >= 0.6 is 46.4 Å². The summed E-state index contributed by atoms with van der Waals surface area (Å²) in [7, 11) is -4.34. The van der Waals surface area contributed by atoms with E-state index in [2.05, 4.69) is 5.32 Å². The highest BCUT2D eigenvalue weighted by Gasteiger charge is 2.36. The molecule has 0 aliphatic heterocycles. The van der Waals surface area contributed by atoms with Gasteiger partial charge in [-0.15, -0.1) is 0 Å². The van der Waals surface area contributed by atoms with Crippen LogP contribution in [-0.2, 0) is 32.6 Å². The van der Waals surface area contributed by atoms with E-state index in [9.17, 15) is 18.0 Å². The topological polar surface area (TPSA) is 86.8 Å². The van der Waals surface area contributed by atoms with E-state index in [0.717, 1.165) is 15.4 Å². The second-order valence-corrected chi connectivity index (χ2v) is 15.7. The van der Waals surface area contributed by atoms with Crippen molar-refractivity contribution in [3.8, 4) is 0 Å². The Hall–Kier alpha value is -3.27. The van der Waals surface area contributed by atoms with Gasteiger partial charge in [0.15, 0.2) is 0 Å². The molecule has 0 heterocycles. The van der Waals surface area contributed by atoms with Crippen molar-refractivity contribution in [2.24, 2.45) is 0 Å². The maximum atomic E-state index is 14.6. The van der Waals surface area contributed by atoms with Gasteiger partial charge in [-0.3, -0.25) is 13.9 Å². The number of benzene rings is 4. The Balaban J connectivity index is 1.88. The van der Waals surface area contributed by atoms with Crippen LogP contribution in [0.15, 0.2) is 95.9 Å². The minimum Gasteiger partial charge on any atom is -0.350 e. The van der Waals surface area contributed by atoms with Crippen molar-refractivity contribution >= 4 is 73.9 Å². The highest BCUT2D eigenvalue weighted by atomic mass is 35.5. The summed E-state index contributed by atoms with van der Waals surface area (Å²) >= 11 is 25.8. The summed E-state index contributed by atoms with van der Waals surface area (Å²) in [4.78, 5) is 30.0. The van der Waals surface area contributed by atoms with E-state index in [1.807, 2.05) is 58.0 Å². The monoisotopic (exact) mass is 733 g/mol. The van der Waals surface area contributed by atoms with Crippen LogP contribution in [0.2, 0.25) is 20.1 Å². The Kier molecular flexibility index (Phi) is 11.9. The summed E-state index contributed by atoms with van der Waals surface area (Å²) < 4.78 is 29.4. The van der Waals surface area contributed by atoms with E-state index in [-0.39, 0.29) is 43.6 Å². The average molecular weight is 736 g/mol. The lowest BCUT2D eigenvalue weighted by molar-refractivity contribution is -0.140. The van der Waals surface area contributed by atoms with Gasteiger partial charge in [0.05, 0.1) is 10.6 Å². The van der Waals surface area contributed by atoms with E-state index in [1.54, 1.807) is 30.3 Å². The molecule has 12 heteroatoms. The molecule has 4 aromatic rings. The van der Waals surface area contributed by atoms with Crippen LogP contribution in [0.4, 0.5) is 5.69 Å². The molecule has 7 nitrogen and oxygen atoms in total. The van der Waals surface area contributed by atoms with Crippen LogP contribution in [0.3, 0.4) is 0 Å². The van der Waals surface area contributed by atoms with Crippen molar-refractivity contribution < 1.29 is 18.0 Å². The number of halogens is 4. The zero-order valence-electron chi connectivity index (χ0n) is 26.3. The summed E-state index contributed by atoms with van der Waals surface area (Å²) in [6.07, 6.45) is 0.129. The highest BCUT2D eigenvalue weighted by Crippen LogP contribution is 2.32. The molecule has 248 valence electrons. The van der Waals surface area contributed by atoms with Gasteiger partial charge < -0.3 is 10.2 Å². The molecule has 0 aromatic heterocycles. The number of nitrogens with zero attached hydrogens (tertiary/aromatic N) is 2. The Labute approximate surface area is 296 Å². The second-order valence-electron chi connectivity index (χ2n) is 12.1. The normalized spacial score (nSPS) is 12.3. The van der Waals surface area contributed by atoms with Gasteiger partial charge in [-0.1, -0.05) is 100 Å². The van der Waals surface area contributed by atoms with Gasteiger partial charge in [-0.25, -0.2) is 8.42 Å². The van der Waals surface area contributed by atoms with E-state index in [4.69, 9.17) is 46.4 Å². The van der Waals surface area contributed by atoms with E-state index >= 15 is 0 Å². The second kappa shape index (κ2) is 15.3. The first-order valence-corrected chi connectivity index (χ1v) is 17.6. The van der Waals surface area contributed by atoms with Gasteiger partial charge in [0.1, 0.15) is 12.6 Å². The number of carbonyl (C=O) groups excluding carboxylic acids is 2. The molecule has 0 fully saturated rings. The predicted molar refractivity (Wildman–Crippen MR) is 191 cm³/mol. The number of aryl methyl sites for hydroxylation is 1. The molecule has 0 saturated heterocycles. The molecular formula is C35H35Cl4N3O4S. The fraction of sp³-hybridized carbons (Fsp3) is 0.257. The fourth-order valence-electron chi connectivity index (χ4n) is 4.91. The zero-order valence-corrected chi connectivity index (χ0v) is 30.1. The molecule has 0 aliphatic carbocycles. The first-order chi connectivity index (χ1) is 22.0. The van der Waals surface area contributed by atoms with Crippen molar-refractivity contribution in [1.82, 2.24) is 10.2 Å². The van der Waals surface area contributed by atoms with E-state index < -0.39 is 40.0 Å². The molecule has 0 aliphatic rings. The minimum absolute atomic E-state index is 0.0426. The Morgan fingerprint density at radius 2 is 1.38 bits per heavy atom. The Bertz CT molecular complexity index is 1810. The van der Waals surface area contributed by atoms with Gasteiger partial charge >= 0.3 is 0 Å². The largest absolute Gasteiger partial charge is 0.350 e. The number of nitrogens with one attached hydrogen (secondary N) is 1. The first kappa shape index (κ1) is 36.6. The molecule has 4 aromatic carbocycles. The molecule has 2 amide bonds. The maximum absolute atomic E-state index is 14.6. The number of hydrogen-bond acceptors (Lipinski definition) is 4. The standard InChI is InChI=1S/C35H35Cl4N3O4S/c1-23-13-15-28(16-14-23)47(45,46)42(27-19-25(36)18-26(37)20-27)22-33(43)41(21-29-30(38)11-8-12-31(29)39)32(34(44)40-35(2,3)4)17-24-9-6-5-7-10-24/h5-16,18-20,32H,17,21-22H2,1-4H3,(H,40,44)/t32-/m1/s1. The molecule has 0 bridgehead atoms. The molecule has 0 radical (unpaired) electrons.